The molecule has 1 N–H and O–H groups in total. The molecule has 0 unspecified atom stereocenters. The van der Waals surface area contributed by atoms with Gasteiger partial charge < -0.3 is 5.11 Å². The highest BCUT2D eigenvalue weighted by Crippen LogP contribution is 2.00. The van der Waals surface area contributed by atoms with Crippen molar-refractivity contribution in [2.75, 3.05) is 6.58 Å². The van der Waals surface area contributed by atoms with Gasteiger partial charge in [0.15, 0.2) is 0 Å². The third-order valence-electron chi connectivity index (χ3n) is 1.40. The molecule has 0 aliphatic rings. The summed E-state index contributed by atoms with van der Waals surface area (Å²) in [5.74, 6) is 0. The van der Waals surface area contributed by atoms with Crippen LogP contribution in [0.5, 0.6) is 0 Å². The summed E-state index contributed by atoms with van der Waals surface area (Å²) in [5.41, 5.74) is 1.18. The van der Waals surface area contributed by atoms with Crippen molar-refractivity contribution in [2.24, 2.45) is 0 Å². The first kappa shape index (κ1) is 5.93. The van der Waals surface area contributed by atoms with Crippen LogP contribution in [0.2, 0.25) is 0 Å². The van der Waals surface area contributed by atoms with E-state index >= 15 is 0 Å². The first-order chi connectivity index (χ1) is 5.29. The van der Waals surface area contributed by atoms with Gasteiger partial charge in [0, 0.05) is 6.58 Å². The Bertz CT molecular complexity index is 196. The summed E-state index contributed by atoms with van der Waals surface area (Å²) in [4.78, 5) is 0. The first-order valence-corrected chi connectivity index (χ1v) is 3.43. The average molecular weight is 137 g/mol. The zero-order valence-corrected chi connectivity index (χ0v) is 5.83. The Labute approximate surface area is 62.7 Å². The molecule has 1 aromatic carbocycles. The molecule has 1 atom stereocenters. The van der Waals surface area contributed by atoms with Crippen molar-refractivity contribution in [1.82, 2.24) is 0 Å². The van der Waals surface area contributed by atoms with E-state index in [-0.39, 0.29) is 0 Å². The predicted molar refractivity (Wildman–Crippen MR) is 41.8 cm³/mol. The Kier molecular flexibility index (Phi) is 2.41. The van der Waals surface area contributed by atoms with E-state index in [4.69, 9.17) is 6.48 Å². The van der Waals surface area contributed by atoms with Crippen molar-refractivity contribution >= 4 is 0 Å². The van der Waals surface area contributed by atoms with E-state index in [9.17, 15) is 0 Å². The number of aliphatic hydroxyl groups excluding tert-OH is 1. The zero-order chi connectivity index (χ0) is 8.10. The fraction of sp³-hybridized carbons (Fsp3) is 0.333. The summed E-state index contributed by atoms with van der Waals surface area (Å²) in [6.07, 6.45) is 1.30. The van der Waals surface area contributed by atoms with Crippen molar-refractivity contribution in [2.45, 2.75) is 12.8 Å². The molecule has 10 heavy (non-hydrogen) atoms. The van der Waals surface area contributed by atoms with Gasteiger partial charge >= 0.3 is 0 Å². The number of benzene rings is 1. The molecule has 1 rings (SSSR count). The molecule has 0 amide bonds. The van der Waals surface area contributed by atoms with Gasteiger partial charge in [-0.1, -0.05) is 30.3 Å². The number of aliphatic hydroxyl groups is 1. The molecule has 1 nitrogen and oxygen atoms in total. The first-order valence-electron chi connectivity index (χ1n) is 4.01. The molecule has 54 valence electrons. The van der Waals surface area contributed by atoms with Crippen LogP contribution in [-0.4, -0.2) is 11.7 Å². The average Bonchev–Trinajstić information content (AvgIpc) is 2.03. The lowest BCUT2D eigenvalue weighted by molar-refractivity contribution is 0.288. The van der Waals surface area contributed by atoms with Crippen LogP contribution in [0, 0.1) is 0 Å². The molecule has 0 aromatic heterocycles. The third kappa shape index (κ3) is 2.19. The van der Waals surface area contributed by atoms with Crippen LogP contribution in [0.4, 0.5) is 0 Å². The Hall–Kier alpha value is -0.820. The molecule has 0 fully saturated rings. The van der Waals surface area contributed by atoms with Crippen molar-refractivity contribution in [3.8, 4) is 0 Å². The van der Waals surface area contributed by atoms with E-state index in [1.54, 1.807) is 0 Å². The van der Waals surface area contributed by atoms with Gasteiger partial charge in [-0.05, 0) is 18.4 Å². The van der Waals surface area contributed by atoms with Crippen LogP contribution in [0.25, 0.3) is 0 Å². The highest BCUT2D eigenvalue weighted by molar-refractivity contribution is 5.14. The second-order valence-corrected chi connectivity index (χ2v) is 2.21. The Morgan fingerprint density at radius 3 is 2.60 bits per heavy atom. The standard InChI is InChI=1S/C9H12O/c10-8-4-7-9-5-2-1-3-6-9/h1-3,5-6,10H,4,7-8H2/i8D/t8-/m0/s1. The number of hydrogen-bond acceptors (Lipinski definition) is 1. The highest BCUT2D eigenvalue weighted by atomic mass is 16.2. The second-order valence-electron chi connectivity index (χ2n) is 2.21. The lowest BCUT2D eigenvalue weighted by Crippen LogP contribution is -1.87. The van der Waals surface area contributed by atoms with Gasteiger partial charge in [-0.2, -0.15) is 0 Å². The van der Waals surface area contributed by atoms with E-state index in [2.05, 4.69) is 0 Å². The summed E-state index contributed by atoms with van der Waals surface area (Å²) in [6, 6.07) is 9.89. The van der Waals surface area contributed by atoms with E-state index in [1.807, 2.05) is 30.3 Å². The molecule has 0 heterocycles. The van der Waals surface area contributed by atoms with Crippen molar-refractivity contribution in [1.29, 1.82) is 0 Å². The maximum Gasteiger partial charge on any atom is 0.0564 e. The molecule has 0 spiro atoms. The van der Waals surface area contributed by atoms with Crippen LogP contribution in [-0.2, 0) is 6.42 Å². The molecule has 0 saturated carbocycles. The van der Waals surface area contributed by atoms with Crippen LogP contribution in [0.1, 0.15) is 13.4 Å². The van der Waals surface area contributed by atoms with E-state index in [1.165, 1.54) is 5.56 Å². The summed E-state index contributed by atoms with van der Waals surface area (Å²) in [7, 11) is 0. The predicted octanol–water partition coefficient (Wildman–Crippen LogP) is 1.61. The number of aryl methyl sites for hydroxylation is 1. The van der Waals surface area contributed by atoms with Gasteiger partial charge in [0.1, 0.15) is 0 Å². The molecule has 0 saturated heterocycles. The van der Waals surface area contributed by atoms with Gasteiger partial charge in [-0.3, -0.25) is 0 Å². The highest BCUT2D eigenvalue weighted by Gasteiger charge is 1.87. The van der Waals surface area contributed by atoms with E-state index in [0.717, 1.165) is 6.42 Å². The number of rotatable bonds is 3. The second kappa shape index (κ2) is 4.07. The SMILES string of the molecule is [2H][C@H](O)CCc1ccccc1. The van der Waals surface area contributed by atoms with Gasteiger partial charge in [0.2, 0.25) is 0 Å². The fourth-order valence-corrected chi connectivity index (χ4v) is 0.876. The smallest absolute Gasteiger partial charge is 0.0564 e. The van der Waals surface area contributed by atoms with Gasteiger partial charge in [-0.25, -0.2) is 0 Å². The minimum Gasteiger partial charge on any atom is -0.396 e. The molecular formula is C9H12O. The topological polar surface area (TPSA) is 20.2 Å². The third-order valence-corrected chi connectivity index (χ3v) is 1.40. The summed E-state index contributed by atoms with van der Waals surface area (Å²) < 4.78 is 6.88. The van der Waals surface area contributed by atoms with Gasteiger partial charge in [0.25, 0.3) is 0 Å². The summed E-state index contributed by atoms with van der Waals surface area (Å²) in [6.45, 7) is -0.935. The molecule has 0 aliphatic carbocycles. The largest absolute Gasteiger partial charge is 0.396 e. The Morgan fingerprint density at radius 1 is 1.30 bits per heavy atom. The van der Waals surface area contributed by atoms with Gasteiger partial charge in [0.05, 0.1) is 1.37 Å². The van der Waals surface area contributed by atoms with Crippen molar-refractivity contribution < 1.29 is 6.48 Å². The van der Waals surface area contributed by atoms with E-state index in [0.29, 0.717) is 6.42 Å². The van der Waals surface area contributed by atoms with Crippen LogP contribution in [0.15, 0.2) is 30.3 Å². The lowest BCUT2D eigenvalue weighted by Gasteiger charge is -1.96. The van der Waals surface area contributed by atoms with Crippen molar-refractivity contribution in [3.63, 3.8) is 0 Å². The quantitative estimate of drug-likeness (QED) is 0.671. The van der Waals surface area contributed by atoms with Crippen molar-refractivity contribution in [3.05, 3.63) is 35.9 Å². The van der Waals surface area contributed by atoms with Crippen LogP contribution < -0.4 is 0 Å². The van der Waals surface area contributed by atoms with Crippen LogP contribution >= 0.6 is 0 Å². The summed E-state index contributed by atoms with van der Waals surface area (Å²) >= 11 is 0. The maximum atomic E-state index is 8.68. The number of hydrogen-bond donors (Lipinski definition) is 1. The lowest BCUT2D eigenvalue weighted by atomic mass is 10.1. The molecule has 0 radical (unpaired) electrons. The normalized spacial score (nSPS) is 14.3. The minimum atomic E-state index is -0.935. The molecule has 0 aliphatic heterocycles. The van der Waals surface area contributed by atoms with E-state index < -0.39 is 6.58 Å². The molecule has 0 bridgehead atoms. The zero-order valence-electron chi connectivity index (χ0n) is 6.83. The molecule has 1 heteroatoms. The molecular weight excluding hydrogens is 124 g/mol. The monoisotopic (exact) mass is 137 g/mol. The summed E-state index contributed by atoms with van der Waals surface area (Å²) in [5, 5.41) is 8.68. The Morgan fingerprint density at radius 2 is 2.00 bits per heavy atom. The molecule has 1 aromatic rings. The minimum absolute atomic E-state index is 0.518. The maximum absolute atomic E-state index is 8.68. The van der Waals surface area contributed by atoms with Crippen LogP contribution in [0.3, 0.4) is 0 Å². The fourth-order valence-electron chi connectivity index (χ4n) is 0.876. The van der Waals surface area contributed by atoms with Gasteiger partial charge in [-0.15, -0.1) is 0 Å². The Balaban J connectivity index is 2.39.